The Morgan fingerprint density at radius 2 is 2.12 bits per heavy atom. The predicted octanol–water partition coefficient (Wildman–Crippen LogP) is 3.42. The van der Waals surface area contributed by atoms with Gasteiger partial charge in [-0.15, -0.1) is 0 Å². The van der Waals surface area contributed by atoms with Gasteiger partial charge in [-0.2, -0.15) is 5.10 Å². The zero-order chi connectivity index (χ0) is 12.3. The molecule has 2 N–H and O–H groups in total. The highest BCUT2D eigenvalue weighted by Gasteiger charge is 2.02. The highest BCUT2D eigenvalue weighted by molar-refractivity contribution is 9.10. The number of benzene rings is 1. The fourth-order valence-electron chi connectivity index (χ4n) is 1.55. The van der Waals surface area contributed by atoms with E-state index in [0.717, 1.165) is 28.3 Å². The summed E-state index contributed by atoms with van der Waals surface area (Å²) in [5.41, 5.74) is 3.48. The molecule has 0 saturated carbocycles. The van der Waals surface area contributed by atoms with Crippen LogP contribution in [0.4, 0.5) is 0 Å². The third-order valence-corrected chi connectivity index (χ3v) is 3.55. The molecule has 1 heterocycles. The number of hydrogen-bond donors (Lipinski definition) is 2. The van der Waals surface area contributed by atoms with Crippen LogP contribution >= 0.6 is 27.5 Å². The summed E-state index contributed by atoms with van der Waals surface area (Å²) in [5.74, 6) is 0. The van der Waals surface area contributed by atoms with E-state index in [4.69, 9.17) is 11.6 Å². The zero-order valence-electron chi connectivity index (χ0n) is 9.43. The van der Waals surface area contributed by atoms with Crippen LogP contribution < -0.4 is 5.32 Å². The van der Waals surface area contributed by atoms with Crippen molar-refractivity contribution in [2.45, 2.75) is 20.0 Å². The summed E-state index contributed by atoms with van der Waals surface area (Å²) in [6, 6.07) is 5.82. The third kappa shape index (κ3) is 3.31. The van der Waals surface area contributed by atoms with E-state index >= 15 is 0 Å². The SMILES string of the molecule is Cc1[nH]ncc1CNCc1ccc(Cl)cc1Br. The Morgan fingerprint density at radius 1 is 1.35 bits per heavy atom. The molecule has 5 heteroatoms. The van der Waals surface area contributed by atoms with Crippen LogP contribution in [-0.4, -0.2) is 10.2 Å². The topological polar surface area (TPSA) is 40.7 Å². The van der Waals surface area contributed by atoms with Crippen molar-refractivity contribution in [2.24, 2.45) is 0 Å². The van der Waals surface area contributed by atoms with Crippen molar-refractivity contribution in [2.75, 3.05) is 0 Å². The van der Waals surface area contributed by atoms with Crippen molar-refractivity contribution in [3.63, 3.8) is 0 Å². The number of H-pyrrole nitrogens is 1. The number of hydrogen-bond acceptors (Lipinski definition) is 2. The molecule has 0 saturated heterocycles. The van der Waals surface area contributed by atoms with Gasteiger partial charge in [0.2, 0.25) is 0 Å². The van der Waals surface area contributed by atoms with E-state index in [2.05, 4.69) is 31.4 Å². The Kier molecular flexibility index (Phi) is 4.20. The summed E-state index contributed by atoms with van der Waals surface area (Å²) in [6.45, 7) is 3.61. The van der Waals surface area contributed by atoms with E-state index in [1.54, 1.807) is 0 Å². The summed E-state index contributed by atoms with van der Waals surface area (Å²) < 4.78 is 1.03. The molecule has 1 aromatic carbocycles. The highest BCUT2D eigenvalue weighted by Crippen LogP contribution is 2.21. The highest BCUT2D eigenvalue weighted by atomic mass is 79.9. The molecule has 2 aromatic rings. The molecular formula is C12H13BrClN3. The smallest absolute Gasteiger partial charge is 0.0535 e. The number of halogens is 2. The van der Waals surface area contributed by atoms with Crippen LogP contribution in [0.25, 0.3) is 0 Å². The molecule has 0 spiro atoms. The van der Waals surface area contributed by atoms with Crippen LogP contribution in [0.3, 0.4) is 0 Å². The van der Waals surface area contributed by atoms with Gasteiger partial charge in [-0.05, 0) is 24.6 Å². The molecular weight excluding hydrogens is 302 g/mol. The first-order chi connectivity index (χ1) is 8.16. The minimum absolute atomic E-state index is 0.742. The van der Waals surface area contributed by atoms with E-state index in [1.165, 1.54) is 11.1 Å². The normalized spacial score (nSPS) is 10.8. The van der Waals surface area contributed by atoms with Gasteiger partial charge in [0.25, 0.3) is 0 Å². The average molecular weight is 315 g/mol. The standard InChI is InChI=1S/C12H13BrClN3/c1-8-10(7-16-17-8)6-15-5-9-2-3-11(14)4-12(9)13/h2-4,7,15H,5-6H2,1H3,(H,16,17). The van der Waals surface area contributed by atoms with Gasteiger partial charge in [-0.25, -0.2) is 0 Å². The molecule has 0 aliphatic carbocycles. The van der Waals surface area contributed by atoms with E-state index in [0.29, 0.717) is 0 Å². The van der Waals surface area contributed by atoms with Gasteiger partial charge in [0, 0.05) is 33.8 Å². The quantitative estimate of drug-likeness (QED) is 0.908. The van der Waals surface area contributed by atoms with E-state index < -0.39 is 0 Å². The molecule has 0 unspecified atom stereocenters. The Bertz CT molecular complexity index is 510. The minimum atomic E-state index is 0.742. The first kappa shape index (κ1) is 12.6. The van der Waals surface area contributed by atoms with Crippen molar-refractivity contribution in [3.05, 3.63) is 50.7 Å². The number of aromatic nitrogens is 2. The molecule has 2 rings (SSSR count). The molecule has 0 radical (unpaired) electrons. The average Bonchev–Trinajstić information content (AvgIpc) is 2.68. The maximum Gasteiger partial charge on any atom is 0.0535 e. The van der Waals surface area contributed by atoms with Gasteiger partial charge in [0.15, 0.2) is 0 Å². The molecule has 0 atom stereocenters. The number of nitrogens with zero attached hydrogens (tertiary/aromatic N) is 1. The summed E-state index contributed by atoms with van der Waals surface area (Å²) >= 11 is 9.39. The van der Waals surface area contributed by atoms with Crippen LogP contribution in [0.5, 0.6) is 0 Å². The maximum atomic E-state index is 5.89. The van der Waals surface area contributed by atoms with Crippen molar-refractivity contribution in [1.82, 2.24) is 15.5 Å². The summed E-state index contributed by atoms with van der Waals surface area (Å²) in [5, 5.41) is 11.0. The van der Waals surface area contributed by atoms with Crippen molar-refractivity contribution >= 4 is 27.5 Å². The van der Waals surface area contributed by atoms with E-state index in [1.807, 2.05) is 31.3 Å². The lowest BCUT2D eigenvalue weighted by Gasteiger charge is -2.06. The van der Waals surface area contributed by atoms with Crippen LogP contribution in [0.15, 0.2) is 28.9 Å². The predicted molar refractivity (Wildman–Crippen MR) is 73.0 cm³/mol. The Hall–Kier alpha value is -0.840. The summed E-state index contributed by atoms with van der Waals surface area (Å²) in [4.78, 5) is 0. The van der Waals surface area contributed by atoms with Gasteiger partial charge < -0.3 is 5.32 Å². The second-order valence-corrected chi connectivity index (χ2v) is 5.15. The zero-order valence-corrected chi connectivity index (χ0v) is 11.8. The Balaban J connectivity index is 1.92. The molecule has 3 nitrogen and oxygen atoms in total. The Morgan fingerprint density at radius 3 is 2.76 bits per heavy atom. The molecule has 1 aromatic heterocycles. The molecule has 0 amide bonds. The van der Waals surface area contributed by atoms with E-state index in [-0.39, 0.29) is 0 Å². The molecule has 0 bridgehead atoms. The fourth-order valence-corrected chi connectivity index (χ4v) is 2.37. The van der Waals surface area contributed by atoms with Crippen molar-refractivity contribution in [3.8, 4) is 0 Å². The van der Waals surface area contributed by atoms with Crippen molar-refractivity contribution in [1.29, 1.82) is 0 Å². The molecule has 90 valence electrons. The number of nitrogens with one attached hydrogen (secondary N) is 2. The molecule has 0 fully saturated rings. The number of rotatable bonds is 4. The number of aromatic amines is 1. The van der Waals surface area contributed by atoms with E-state index in [9.17, 15) is 0 Å². The lowest BCUT2D eigenvalue weighted by Crippen LogP contribution is -2.13. The van der Waals surface area contributed by atoms with Gasteiger partial charge in [-0.3, -0.25) is 5.10 Å². The van der Waals surface area contributed by atoms with Crippen LogP contribution in [0.2, 0.25) is 5.02 Å². The van der Waals surface area contributed by atoms with Gasteiger partial charge in [0.05, 0.1) is 6.20 Å². The Labute approximate surface area is 114 Å². The largest absolute Gasteiger partial charge is 0.308 e. The van der Waals surface area contributed by atoms with Crippen molar-refractivity contribution < 1.29 is 0 Å². The lowest BCUT2D eigenvalue weighted by molar-refractivity contribution is 0.689. The monoisotopic (exact) mass is 313 g/mol. The number of aryl methyl sites for hydroxylation is 1. The minimum Gasteiger partial charge on any atom is -0.308 e. The summed E-state index contributed by atoms with van der Waals surface area (Å²) in [7, 11) is 0. The second-order valence-electron chi connectivity index (χ2n) is 3.86. The van der Waals surface area contributed by atoms with Crippen LogP contribution in [0.1, 0.15) is 16.8 Å². The van der Waals surface area contributed by atoms with Gasteiger partial charge in [0.1, 0.15) is 0 Å². The molecule has 0 aliphatic rings. The first-order valence-electron chi connectivity index (χ1n) is 5.30. The van der Waals surface area contributed by atoms with Gasteiger partial charge >= 0.3 is 0 Å². The molecule has 0 aliphatic heterocycles. The summed E-state index contributed by atoms with van der Waals surface area (Å²) in [6.07, 6.45) is 1.85. The molecule has 17 heavy (non-hydrogen) atoms. The third-order valence-electron chi connectivity index (χ3n) is 2.58. The van der Waals surface area contributed by atoms with Crippen LogP contribution in [-0.2, 0) is 13.1 Å². The van der Waals surface area contributed by atoms with Gasteiger partial charge in [-0.1, -0.05) is 33.6 Å². The fraction of sp³-hybridized carbons (Fsp3) is 0.250. The maximum absolute atomic E-state index is 5.89. The second kappa shape index (κ2) is 5.67. The first-order valence-corrected chi connectivity index (χ1v) is 6.47. The lowest BCUT2D eigenvalue weighted by atomic mass is 10.2. The van der Waals surface area contributed by atoms with Crippen LogP contribution in [0, 0.1) is 6.92 Å².